The number of hydrogen-bond acceptors (Lipinski definition) is 2. The van der Waals surface area contributed by atoms with Gasteiger partial charge in [0.15, 0.2) is 0 Å². The third kappa shape index (κ3) is 3.00. The summed E-state index contributed by atoms with van der Waals surface area (Å²) in [6, 6.07) is 4.53. The van der Waals surface area contributed by atoms with Crippen LogP contribution in [0.4, 0.5) is 0 Å². The van der Waals surface area contributed by atoms with Gasteiger partial charge in [0.2, 0.25) is 0 Å². The van der Waals surface area contributed by atoms with Crippen molar-refractivity contribution >= 4 is 34.3 Å². The van der Waals surface area contributed by atoms with Crippen LogP contribution in [-0.4, -0.2) is 8.76 Å². The van der Waals surface area contributed by atoms with E-state index in [2.05, 4.69) is 0 Å². The Hall–Kier alpha value is 0.910. The zero-order valence-electron chi connectivity index (χ0n) is 6.21. The van der Waals surface area contributed by atoms with Crippen LogP contribution in [0, 0.1) is 0 Å². The molecular formula is C6H3Cl2NaO2S. The Morgan fingerprint density at radius 1 is 1.25 bits per heavy atom. The molecule has 1 aromatic rings. The summed E-state index contributed by atoms with van der Waals surface area (Å²) in [5.74, 6) is 0. The monoisotopic (exact) mass is 232 g/mol. The van der Waals surface area contributed by atoms with Gasteiger partial charge in [-0.2, -0.15) is 0 Å². The maximum atomic E-state index is 10.5. The second-order valence-corrected chi connectivity index (χ2v) is 3.48. The predicted molar refractivity (Wildman–Crippen MR) is 43.6 cm³/mol. The first kappa shape index (κ1) is 12.9. The molecule has 0 heterocycles. The molecule has 0 aromatic heterocycles. The van der Waals surface area contributed by atoms with E-state index >= 15 is 0 Å². The molecule has 60 valence electrons. The van der Waals surface area contributed by atoms with Crippen LogP contribution in [0.1, 0.15) is 0 Å². The Morgan fingerprint density at radius 3 is 1.92 bits per heavy atom. The van der Waals surface area contributed by atoms with E-state index < -0.39 is 11.1 Å². The first-order valence-electron chi connectivity index (χ1n) is 2.66. The number of rotatable bonds is 1. The van der Waals surface area contributed by atoms with Crippen molar-refractivity contribution in [2.75, 3.05) is 0 Å². The van der Waals surface area contributed by atoms with E-state index in [0.717, 1.165) is 0 Å². The van der Waals surface area contributed by atoms with E-state index in [4.69, 9.17) is 23.2 Å². The molecule has 1 rings (SSSR count). The molecule has 0 aliphatic heterocycles. The zero-order chi connectivity index (χ0) is 8.43. The molecule has 0 aliphatic rings. The van der Waals surface area contributed by atoms with Crippen molar-refractivity contribution in [2.45, 2.75) is 4.90 Å². The molecule has 1 aromatic carbocycles. The molecule has 0 spiro atoms. The van der Waals surface area contributed by atoms with Crippen LogP contribution in [0.2, 0.25) is 10.0 Å². The van der Waals surface area contributed by atoms with Crippen molar-refractivity contribution in [3.63, 3.8) is 0 Å². The second kappa shape index (κ2) is 5.60. The van der Waals surface area contributed by atoms with Crippen molar-refractivity contribution < 1.29 is 38.3 Å². The Morgan fingerprint density at radius 2 is 1.67 bits per heavy atom. The molecule has 0 bridgehead atoms. The summed E-state index contributed by atoms with van der Waals surface area (Å²) < 4.78 is 20.9. The topological polar surface area (TPSA) is 40.1 Å². The van der Waals surface area contributed by atoms with Gasteiger partial charge in [0.1, 0.15) is 0 Å². The van der Waals surface area contributed by atoms with E-state index in [9.17, 15) is 8.76 Å². The summed E-state index contributed by atoms with van der Waals surface area (Å²) in [5.41, 5.74) is 0. The van der Waals surface area contributed by atoms with Crippen LogP contribution >= 0.6 is 23.2 Å². The fourth-order valence-corrected chi connectivity index (χ4v) is 1.87. The van der Waals surface area contributed by atoms with Gasteiger partial charge in [-0.1, -0.05) is 29.3 Å². The summed E-state index contributed by atoms with van der Waals surface area (Å²) in [7, 11) is 0. The molecule has 0 N–H and O–H groups in total. The Labute approximate surface area is 105 Å². The first-order valence-corrected chi connectivity index (χ1v) is 4.49. The summed E-state index contributed by atoms with van der Waals surface area (Å²) >= 11 is 8.73. The molecule has 2 nitrogen and oxygen atoms in total. The first-order chi connectivity index (χ1) is 5.13. The van der Waals surface area contributed by atoms with E-state index in [1.807, 2.05) is 0 Å². The van der Waals surface area contributed by atoms with Gasteiger partial charge >= 0.3 is 29.6 Å². The Balaban J connectivity index is 0.00000121. The molecule has 0 amide bonds. The third-order valence-corrected chi connectivity index (χ3v) is 2.71. The maximum Gasteiger partial charge on any atom is 1.00 e. The number of halogens is 2. The summed E-state index contributed by atoms with van der Waals surface area (Å²) in [6.07, 6.45) is 0. The van der Waals surface area contributed by atoms with Gasteiger partial charge in [0.25, 0.3) is 0 Å². The van der Waals surface area contributed by atoms with Crippen LogP contribution in [0.15, 0.2) is 23.1 Å². The van der Waals surface area contributed by atoms with Gasteiger partial charge in [0, 0.05) is 0 Å². The molecule has 6 heteroatoms. The van der Waals surface area contributed by atoms with Crippen molar-refractivity contribution in [3.05, 3.63) is 28.2 Å². The minimum Gasteiger partial charge on any atom is -0.768 e. The summed E-state index contributed by atoms with van der Waals surface area (Å²) in [6.45, 7) is 0. The fourth-order valence-electron chi connectivity index (χ4n) is 0.642. The zero-order valence-corrected chi connectivity index (χ0v) is 10.5. The van der Waals surface area contributed by atoms with E-state index in [1.54, 1.807) is 6.07 Å². The minimum atomic E-state index is -2.37. The van der Waals surface area contributed by atoms with E-state index in [-0.39, 0.29) is 44.5 Å². The summed E-state index contributed by atoms with van der Waals surface area (Å²) in [5, 5.41) is 0.289. The van der Waals surface area contributed by atoms with Crippen LogP contribution in [0.3, 0.4) is 0 Å². The average molecular weight is 233 g/mol. The number of benzene rings is 1. The van der Waals surface area contributed by atoms with Gasteiger partial charge in [-0.25, -0.2) is 0 Å². The fraction of sp³-hybridized carbons (Fsp3) is 0. The molecule has 0 saturated carbocycles. The quantitative estimate of drug-likeness (QED) is 0.472. The van der Waals surface area contributed by atoms with Crippen molar-refractivity contribution in [3.8, 4) is 0 Å². The Kier molecular flexibility index (Phi) is 6.03. The van der Waals surface area contributed by atoms with Crippen molar-refractivity contribution in [1.29, 1.82) is 0 Å². The Bertz CT molecular complexity index is 285. The van der Waals surface area contributed by atoms with Crippen LogP contribution in [-0.2, 0) is 11.1 Å². The third-order valence-electron chi connectivity index (χ3n) is 1.09. The standard InChI is InChI=1S/C6H4Cl2O2S.Na/c7-4-2-1-3-5(8)6(4)11(9)10;/h1-3H,(H,9,10);/q;+1/p-1. The predicted octanol–water partition coefficient (Wildman–Crippen LogP) is -0.765. The van der Waals surface area contributed by atoms with Crippen LogP contribution < -0.4 is 29.6 Å². The SMILES string of the molecule is O=S([O-])c1c(Cl)cccc1Cl.[Na+]. The molecule has 0 fully saturated rings. The smallest absolute Gasteiger partial charge is 0.768 e. The summed E-state index contributed by atoms with van der Waals surface area (Å²) in [4.78, 5) is -0.0455. The molecule has 0 aliphatic carbocycles. The van der Waals surface area contributed by atoms with Gasteiger partial charge in [-0.15, -0.1) is 0 Å². The average Bonchev–Trinajstić information content (AvgIpc) is 1.85. The van der Waals surface area contributed by atoms with Gasteiger partial charge in [-0.05, 0) is 23.2 Å². The molecule has 1 unspecified atom stereocenters. The van der Waals surface area contributed by atoms with Gasteiger partial charge < -0.3 is 4.55 Å². The minimum absolute atomic E-state index is 0. The maximum absolute atomic E-state index is 10.5. The van der Waals surface area contributed by atoms with Gasteiger partial charge in [-0.3, -0.25) is 4.21 Å². The molecule has 1 atom stereocenters. The normalized spacial score (nSPS) is 11.9. The molecule has 0 saturated heterocycles. The second-order valence-electron chi connectivity index (χ2n) is 1.79. The molecular weight excluding hydrogens is 230 g/mol. The van der Waals surface area contributed by atoms with Crippen LogP contribution in [0.25, 0.3) is 0 Å². The van der Waals surface area contributed by atoms with Crippen molar-refractivity contribution in [1.82, 2.24) is 0 Å². The van der Waals surface area contributed by atoms with Crippen molar-refractivity contribution in [2.24, 2.45) is 0 Å². The van der Waals surface area contributed by atoms with E-state index in [0.29, 0.717) is 0 Å². The molecule has 12 heavy (non-hydrogen) atoms. The van der Waals surface area contributed by atoms with Crippen LogP contribution in [0.5, 0.6) is 0 Å². The molecule has 0 radical (unpaired) electrons. The largest absolute Gasteiger partial charge is 1.00 e. The van der Waals surface area contributed by atoms with Gasteiger partial charge in [0.05, 0.1) is 14.9 Å². The number of hydrogen-bond donors (Lipinski definition) is 0. The van der Waals surface area contributed by atoms with E-state index in [1.165, 1.54) is 12.1 Å².